The van der Waals surface area contributed by atoms with E-state index in [4.69, 9.17) is 9.47 Å². The van der Waals surface area contributed by atoms with Crippen LogP contribution in [0.25, 0.3) is 22.0 Å². The number of halogens is 2. The Morgan fingerprint density at radius 1 is 1.11 bits per heavy atom. The van der Waals surface area contributed by atoms with Crippen molar-refractivity contribution >= 4 is 23.3 Å². The Morgan fingerprint density at radius 2 is 1.84 bits per heavy atom. The lowest BCUT2D eigenvalue weighted by atomic mass is 9.89. The highest BCUT2D eigenvalue weighted by Crippen LogP contribution is 2.35. The summed E-state index contributed by atoms with van der Waals surface area (Å²) in [4.78, 5) is 13.1. The van der Waals surface area contributed by atoms with E-state index in [0.29, 0.717) is 46.7 Å². The highest BCUT2D eigenvalue weighted by Gasteiger charge is 2.22. The average molecular weight is 527 g/mol. The molecule has 0 saturated carbocycles. The fourth-order valence-corrected chi connectivity index (χ4v) is 5.07. The first-order valence-electron chi connectivity index (χ1n) is 12.2. The minimum atomic E-state index is -0.282. The molecule has 9 heteroatoms. The second-order valence-electron chi connectivity index (χ2n) is 9.41. The molecule has 4 aromatic rings. The normalized spacial score (nSPS) is 13.9. The quantitative estimate of drug-likeness (QED) is 0.382. The van der Waals surface area contributed by atoms with Crippen LogP contribution in [0.5, 0.6) is 11.5 Å². The molecule has 0 atom stereocenters. The van der Waals surface area contributed by atoms with Crippen LogP contribution in [0.3, 0.4) is 0 Å². The van der Waals surface area contributed by atoms with Gasteiger partial charge in [0, 0.05) is 29.8 Å². The lowest BCUT2D eigenvalue weighted by Crippen LogP contribution is -2.28. The molecule has 0 aliphatic carbocycles. The number of ether oxygens (including phenoxy) is 2. The van der Waals surface area contributed by atoms with Gasteiger partial charge >= 0.3 is 0 Å². The monoisotopic (exact) mass is 526 g/mol. The van der Waals surface area contributed by atoms with Crippen LogP contribution in [0.4, 0.5) is 4.39 Å². The third-order valence-electron chi connectivity index (χ3n) is 7.10. The molecule has 0 bridgehead atoms. The van der Waals surface area contributed by atoms with Gasteiger partial charge in [-0.2, -0.15) is 5.10 Å². The number of aryl methyl sites for hydroxylation is 1. The molecule has 0 radical (unpaired) electrons. The van der Waals surface area contributed by atoms with Gasteiger partial charge in [-0.15, -0.1) is 12.4 Å². The van der Waals surface area contributed by atoms with Crippen LogP contribution in [0.2, 0.25) is 0 Å². The molecular weight excluding hydrogens is 495 g/mol. The van der Waals surface area contributed by atoms with Crippen molar-refractivity contribution in [2.45, 2.75) is 25.8 Å². The van der Waals surface area contributed by atoms with Crippen molar-refractivity contribution in [2.24, 2.45) is 13.0 Å². The third kappa shape index (κ3) is 5.36. The van der Waals surface area contributed by atoms with Crippen molar-refractivity contribution in [1.82, 2.24) is 19.7 Å². The number of rotatable bonds is 7. The van der Waals surface area contributed by atoms with Gasteiger partial charge in [0.1, 0.15) is 22.8 Å². The third-order valence-corrected chi connectivity index (χ3v) is 7.10. The van der Waals surface area contributed by atoms with Gasteiger partial charge in [-0.25, -0.2) is 4.39 Å². The summed E-state index contributed by atoms with van der Waals surface area (Å²) in [7, 11) is 4.90. The zero-order valence-electron chi connectivity index (χ0n) is 21.3. The molecule has 2 aromatic heterocycles. The maximum absolute atomic E-state index is 15.5. The molecule has 37 heavy (non-hydrogen) atoms. The highest BCUT2D eigenvalue weighted by atomic mass is 35.5. The maximum atomic E-state index is 15.5. The molecule has 7 nitrogen and oxygen atoms in total. The number of aromatic nitrogens is 3. The van der Waals surface area contributed by atoms with Crippen LogP contribution in [-0.4, -0.2) is 41.7 Å². The van der Waals surface area contributed by atoms with Gasteiger partial charge in [-0.05, 0) is 73.7 Å². The zero-order valence-corrected chi connectivity index (χ0v) is 22.1. The van der Waals surface area contributed by atoms with Crippen LogP contribution >= 0.6 is 12.4 Å². The molecule has 0 amide bonds. The first-order chi connectivity index (χ1) is 17.5. The molecule has 1 aliphatic heterocycles. The molecule has 1 aliphatic rings. The first-order valence-corrected chi connectivity index (χ1v) is 12.2. The Hall–Kier alpha value is -3.36. The average Bonchev–Trinajstić information content (AvgIpc) is 3.32. The summed E-state index contributed by atoms with van der Waals surface area (Å²) < 4.78 is 29.6. The van der Waals surface area contributed by atoms with E-state index in [-0.39, 0.29) is 23.8 Å². The molecule has 196 valence electrons. The lowest BCUT2D eigenvalue weighted by molar-refractivity contribution is 0.355. The van der Waals surface area contributed by atoms with E-state index >= 15 is 4.39 Å². The van der Waals surface area contributed by atoms with Crippen molar-refractivity contribution in [3.8, 4) is 22.6 Å². The van der Waals surface area contributed by atoms with Crippen LogP contribution < -0.4 is 20.3 Å². The topological polar surface area (TPSA) is 70.3 Å². The van der Waals surface area contributed by atoms with E-state index in [2.05, 4.69) is 10.4 Å². The smallest absolute Gasteiger partial charge is 0.276 e. The summed E-state index contributed by atoms with van der Waals surface area (Å²) in [5, 5.41) is 8.56. The largest absolute Gasteiger partial charge is 0.497 e. The molecular formula is C28H32ClFN4O3. The number of methoxy groups -OCH3 is 2. The van der Waals surface area contributed by atoms with Crippen molar-refractivity contribution < 1.29 is 13.9 Å². The van der Waals surface area contributed by atoms with E-state index in [1.165, 1.54) is 4.57 Å². The summed E-state index contributed by atoms with van der Waals surface area (Å²) >= 11 is 0. The number of hydrogen-bond donors (Lipinski definition) is 1. The van der Waals surface area contributed by atoms with Crippen molar-refractivity contribution in [2.75, 3.05) is 27.3 Å². The fourth-order valence-electron chi connectivity index (χ4n) is 5.07. The Bertz CT molecular complexity index is 1440. The van der Waals surface area contributed by atoms with Crippen molar-refractivity contribution in [3.05, 3.63) is 76.1 Å². The maximum Gasteiger partial charge on any atom is 0.276 e. The van der Waals surface area contributed by atoms with Gasteiger partial charge in [-0.1, -0.05) is 12.1 Å². The number of pyridine rings is 1. The van der Waals surface area contributed by atoms with E-state index in [1.54, 1.807) is 44.4 Å². The van der Waals surface area contributed by atoms with Gasteiger partial charge in [0.05, 0.1) is 27.0 Å². The summed E-state index contributed by atoms with van der Waals surface area (Å²) in [5.74, 6) is 1.45. The fraction of sp³-hybridized carbons (Fsp3) is 0.357. The number of nitrogens with one attached hydrogen (secondary N) is 1. The number of benzene rings is 2. The van der Waals surface area contributed by atoms with Crippen molar-refractivity contribution in [1.29, 1.82) is 0 Å². The van der Waals surface area contributed by atoms with Crippen LogP contribution in [0.1, 0.15) is 24.0 Å². The number of nitrogens with zero attached hydrogens (tertiary/aromatic N) is 3. The lowest BCUT2D eigenvalue weighted by Gasteiger charge is -2.24. The zero-order chi connectivity index (χ0) is 25.2. The summed E-state index contributed by atoms with van der Waals surface area (Å²) in [6, 6.07) is 11.1. The second kappa shape index (κ2) is 11.4. The van der Waals surface area contributed by atoms with Gasteiger partial charge in [0.2, 0.25) is 0 Å². The molecule has 1 fully saturated rings. The Labute approximate surface area is 221 Å². The number of fused-ring (bicyclic) bond motifs is 1. The Morgan fingerprint density at radius 3 is 2.51 bits per heavy atom. The standard InChI is InChI=1S/C28H31FN4O3.ClH/c1-32-17-24(20-13-25(29)22(26(14-20)36-3)12-18-8-10-30-11-9-18)23-15-31-33(27(23)28(32)34)16-19-4-6-21(35-2)7-5-19;/h4-7,13-15,17-18,30H,8-12,16H2,1-3H3;1H. The van der Waals surface area contributed by atoms with E-state index in [1.807, 2.05) is 30.3 Å². The predicted molar refractivity (Wildman–Crippen MR) is 146 cm³/mol. The second-order valence-corrected chi connectivity index (χ2v) is 9.41. The SMILES string of the molecule is COc1ccc(Cn2ncc3c(-c4cc(F)c(CC5CCNCC5)c(OC)c4)cn(C)c(=O)c32)cc1.Cl. The predicted octanol–water partition coefficient (Wildman–Crippen LogP) is 4.57. The minimum Gasteiger partial charge on any atom is -0.497 e. The van der Waals surface area contributed by atoms with Crippen LogP contribution in [0.15, 0.2) is 53.6 Å². The summed E-state index contributed by atoms with van der Waals surface area (Å²) in [6.45, 7) is 2.35. The van der Waals surface area contributed by atoms with Gasteiger partial charge in [-0.3, -0.25) is 9.48 Å². The van der Waals surface area contributed by atoms with Gasteiger partial charge < -0.3 is 19.4 Å². The van der Waals surface area contributed by atoms with E-state index in [9.17, 15) is 4.79 Å². The van der Waals surface area contributed by atoms with Gasteiger partial charge in [0.25, 0.3) is 5.56 Å². The van der Waals surface area contributed by atoms with E-state index in [0.717, 1.165) is 42.8 Å². The number of hydrogen-bond acceptors (Lipinski definition) is 5. The molecule has 1 saturated heterocycles. The molecule has 1 N–H and O–H groups in total. The number of piperidine rings is 1. The summed E-state index contributed by atoms with van der Waals surface area (Å²) in [5.41, 5.74) is 3.31. The van der Waals surface area contributed by atoms with Crippen LogP contribution in [-0.2, 0) is 20.0 Å². The Balaban J connectivity index is 0.00000320. The van der Waals surface area contributed by atoms with Gasteiger partial charge in [0.15, 0.2) is 0 Å². The summed E-state index contributed by atoms with van der Waals surface area (Å²) in [6.07, 6.45) is 6.13. The first kappa shape index (κ1) is 26.7. The molecule has 0 unspecified atom stereocenters. The molecule has 3 heterocycles. The minimum absolute atomic E-state index is 0. The molecule has 0 spiro atoms. The highest BCUT2D eigenvalue weighted by molar-refractivity contribution is 5.94. The van der Waals surface area contributed by atoms with Crippen LogP contribution in [0, 0.1) is 11.7 Å². The molecule has 5 rings (SSSR count). The molecule has 2 aromatic carbocycles. The van der Waals surface area contributed by atoms with Crippen molar-refractivity contribution in [3.63, 3.8) is 0 Å². The Kier molecular flexibility index (Phi) is 8.19. The van der Waals surface area contributed by atoms with E-state index < -0.39 is 0 Å².